The predicted octanol–water partition coefficient (Wildman–Crippen LogP) is 1.43. The van der Waals surface area contributed by atoms with E-state index in [-0.39, 0.29) is 29.8 Å². The van der Waals surface area contributed by atoms with E-state index in [1.165, 1.54) is 0 Å². The summed E-state index contributed by atoms with van der Waals surface area (Å²) < 4.78 is 5.98. The van der Waals surface area contributed by atoms with Gasteiger partial charge in [-0.15, -0.1) is 5.10 Å². The molecule has 110 valence electrons. The van der Waals surface area contributed by atoms with Gasteiger partial charge in [0.1, 0.15) is 11.9 Å². The van der Waals surface area contributed by atoms with Crippen LogP contribution in [0.1, 0.15) is 11.5 Å². The van der Waals surface area contributed by atoms with Crippen molar-refractivity contribution >= 4 is 11.9 Å². The van der Waals surface area contributed by atoms with Gasteiger partial charge in [-0.25, -0.2) is 0 Å². The number of hydrogen-bond donors (Lipinski definition) is 2. The molecule has 1 amide bonds. The summed E-state index contributed by atoms with van der Waals surface area (Å²) in [5, 5.41) is 16.0. The molecule has 3 atom stereocenters. The maximum absolute atomic E-state index is 12.7. The molecule has 1 aliphatic heterocycles. The molecule has 1 aliphatic carbocycles. The van der Waals surface area contributed by atoms with E-state index in [9.17, 15) is 4.79 Å². The van der Waals surface area contributed by atoms with E-state index >= 15 is 0 Å². The van der Waals surface area contributed by atoms with E-state index in [0.29, 0.717) is 0 Å². The molecule has 0 spiro atoms. The number of carbonyl (C=O) groups is 1. The molecule has 1 aromatic carbocycles. The number of aromatic amines is 1. The SMILES string of the molecule is O=C(Nc1nn[nH]n1)C1c2ccccc2OC2C=CC=CC21. The van der Waals surface area contributed by atoms with Crippen LogP contribution < -0.4 is 10.1 Å². The van der Waals surface area contributed by atoms with Crippen molar-refractivity contribution in [3.63, 3.8) is 0 Å². The number of allylic oxidation sites excluding steroid dienone is 2. The summed E-state index contributed by atoms with van der Waals surface area (Å²) in [6.45, 7) is 0. The summed E-state index contributed by atoms with van der Waals surface area (Å²) in [6.07, 6.45) is 7.69. The van der Waals surface area contributed by atoms with Crippen LogP contribution in [0, 0.1) is 5.92 Å². The Bertz CT molecular complexity index is 753. The Morgan fingerprint density at radius 3 is 2.95 bits per heavy atom. The number of anilines is 1. The Morgan fingerprint density at radius 2 is 2.09 bits per heavy atom. The molecule has 2 heterocycles. The fourth-order valence-electron chi connectivity index (χ4n) is 2.94. The molecule has 7 nitrogen and oxygen atoms in total. The lowest BCUT2D eigenvalue weighted by molar-refractivity contribution is -0.119. The number of nitrogens with one attached hydrogen (secondary N) is 2. The molecule has 2 N–H and O–H groups in total. The largest absolute Gasteiger partial charge is 0.485 e. The first-order valence-electron chi connectivity index (χ1n) is 6.98. The third-order valence-electron chi connectivity index (χ3n) is 3.89. The van der Waals surface area contributed by atoms with Gasteiger partial charge in [0.2, 0.25) is 5.91 Å². The quantitative estimate of drug-likeness (QED) is 0.874. The number of para-hydroxylation sites is 1. The summed E-state index contributed by atoms with van der Waals surface area (Å²) in [4.78, 5) is 12.7. The molecule has 0 saturated heterocycles. The van der Waals surface area contributed by atoms with E-state index in [2.05, 4.69) is 25.9 Å². The van der Waals surface area contributed by atoms with Gasteiger partial charge in [0.25, 0.3) is 5.95 Å². The molecule has 7 heteroatoms. The molecular formula is C15H13N5O2. The van der Waals surface area contributed by atoms with Crippen LogP contribution in [0.3, 0.4) is 0 Å². The van der Waals surface area contributed by atoms with Crippen LogP contribution in [0.4, 0.5) is 5.95 Å². The van der Waals surface area contributed by atoms with Gasteiger partial charge in [-0.2, -0.15) is 5.21 Å². The summed E-state index contributed by atoms with van der Waals surface area (Å²) >= 11 is 0. The second kappa shape index (κ2) is 5.10. The third-order valence-corrected chi connectivity index (χ3v) is 3.89. The van der Waals surface area contributed by atoms with Crippen molar-refractivity contribution in [2.45, 2.75) is 12.0 Å². The number of hydrogen-bond acceptors (Lipinski definition) is 5. The molecule has 0 radical (unpaired) electrons. The minimum Gasteiger partial charge on any atom is -0.485 e. The number of tetrazole rings is 1. The summed E-state index contributed by atoms with van der Waals surface area (Å²) in [5.41, 5.74) is 0.865. The summed E-state index contributed by atoms with van der Waals surface area (Å²) in [5.74, 6) is 0.298. The predicted molar refractivity (Wildman–Crippen MR) is 78.2 cm³/mol. The molecule has 2 aromatic rings. The van der Waals surface area contributed by atoms with E-state index in [0.717, 1.165) is 11.3 Å². The Balaban J connectivity index is 1.72. The molecular weight excluding hydrogens is 282 g/mol. The maximum atomic E-state index is 12.7. The zero-order chi connectivity index (χ0) is 14.9. The van der Waals surface area contributed by atoms with Gasteiger partial charge >= 0.3 is 0 Å². The Hall–Kier alpha value is -2.96. The van der Waals surface area contributed by atoms with Crippen molar-refractivity contribution in [3.8, 4) is 5.75 Å². The summed E-state index contributed by atoms with van der Waals surface area (Å²) in [6, 6.07) is 7.60. The lowest BCUT2D eigenvalue weighted by Gasteiger charge is -2.37. The minimum atomic E-state index is -0.366. The topological polar surface area (TPSA) is 92.8 Å². The van der Waals surface area contributed by atoms with Crippen LogP contribution in [0.2, 0.25) is 0 Å². The Morgan fingerprint density at radius 1 is 1.23 bits per heavy atom. The smallest absolute Gasteiger partial charge is 0.269 e. The highest BCUT2D eigenvalue weighted by Crippen LogP contribution is 2.42. The molecule has 0 fully saturated rings. The normalized spacial score (nSPS) is 25.0. The highest BCUT2D eigenvalue weighted by atomic mass is 16.5. The average Bonchev–Trinajstić information content (AvgIpc) is 3.05. The molecule has 0 bridgehead atoms. The van der Waals surface area contributed by atoms with Crippen LogP contribution >= 0.6 is 0 Å². The van der Waals surface area contributed by atoms with Gasteiger partial charge in [-0.1, -0.05) is 41.5 Å². The average molecular weight is 295 g/mol. The van der Waals surface area contributed by atoms with E-state index < -0.39 is 0 Å². The van der Waals surface area contributed by atoms with Gasteiger partial charge in [-0.3, -0.25) is 10.1 Å². The number of fused-ring (bicyclic) bond motifs is 2. The number of aromatic nitrogens is 4. The van der Waals surface area contributed by atoms with Crippen molar-refractivity contribution < 1.29 is 9.53 Å². The highest BCUT2D eigenvalue weighted by Gasteiger charge is 2.40. The van der Waals surface area contributed by atoms with Crippen LogP contribution in [-0.2, 0) is 4.79 Å². The van der Waals surface area contributed by atoms with Crippen molar-refractivity contribution in [1.29, 1.82) is 0 Å². The van der Waals surface area contributed by atoms with Crippen LogP contribution in [-0.4, -0.2) is 32.6 Å². The first-order chi connectivity index (χ1) is 10.8. The standard InChI is InChI=1S/C15H13N5O2/c21-14(16-15-17-19-20-18-15)13-9-5-1-3-7-11(9)22-12-8-4-2-6-10(12)13/h1-9,11,13H,(H2,16,17,18,19,20,21). The number of benzene rings is 1. The number of H-pyrrole nitrogens is 1. The summed E-state index contributed by atoms with van der Waals surface area (Å²) in [7, 11) is 0. The third kappa shape index (κ3) is 2.07. The lowest BCUT2D eigenvalue weighted by Crippen LogP contribution is -2.40. The van der Waals surface area contributed by atoms with Crippen LogP contribution in [0.25, 0.3) is 0 Å². The molecule has 22 heavy (non-hydrogen) atoms. The van der Waals surface area contributed by atoms with Gasteiger partial charge < -0.3 is 4.74 Å². The first-order valence-corrected chi connectivity index (χ1v) is 6.98. The molecule has 2 aliphatic rings. The Labute approximate surface area is 126 Å². The number of amides is 1. The zero-order valence-electron chi connectivity index (χ0n) is 11.5. The van der Waals surface area contributed by atoms with E-state index in [1.807, 2.05) is 48.6 Å². The fraction of sp³-hybridized carbons (Fsp3) is 0.200. The van der Waals surface area contributed by atoms with Gasteiger partial charge in [0, 0.05) is 11.5 Å². The Kier molecular flexibility index (Phi) is 2.96. The number of carbonyl (C=O) groups excluding carboxylic acids is 1. The number of rotatable bonds is 2. The monoisotopic (exact) mass is 295 g/mol. The van der Waals surface area contributed by atoms with Gasteiger partial charge in [0.05, 0.1) is 5.92 Å². The highest BCUT2D eigenvalue weighted by molar-refractivity contribution is 5.95. The van der Waals surface area contributed by atoms with Gasteiger partial charge in [-0.05, 0) is 17.4 Å². The molecule has 4 rings (SSSR count). The zero-order valence-corrected chi connectivity index (χ0v) is 11.5. The number of ether oxygens (including phenoxy) is 1. The maximum Gasteiger partial charge on any atom is 0.269 e. The molecule has 1 aromatic heterocycles. The first kappa shape index (κ1) is 12.8. The fourth-order valence-corrected chi connectivity index (χ4v) is 2.94. The van der Waals surface area contributed by atoms with Crippen molar-refractivity contribution in [2.75, 3.05) is 5.32 Å². The van der Waals surface area contributed by atoms with E-state index in [1.54, 1.807) is 0 Å². The number of nitrogens with zero attached hydrogens (tertiary/aromatic N) is 3. The molecule has 3 unspecified atom stereocenters. The van der Waals surface area contributed by atoms with Gasteiger partial charge in [0.15, 0.2) is 0 Å². The second-order valence-corrected chi connectivity index (χ2v) is 5.17. The van der Waals surface area contributed by atoms with Crippen LogP contribution in [0.5, 0.6) is 5.75 Å². The van der Waals surface area contributed by atoms with Crippen molar-refractivity contribution in [1.82, 2.24) is 20.6 Å². The minimum absolute atomic E-state index is 0.0631. The van der Waals surface area contributed by atoms with Crippen molar-refractivity contribution in [3.05, 3.63) is 54.1 Å². The second-order valence-electron chi connectivity index (χ2n) is 5.17. The van der Waals surface area contributed by atoms with Crippen molar-refractivity contribution in [2.24, 2.45) is 5.92 Å². The molecule has 0 saturated carbocycles. The van der Waals surface area contributed by atoms with E-state index in [4.69, 9.17) is 4.74 Å². The lowest BCUT2D eigenvalue weighted by atomic mass is 9.77. The van der Waals surface area contributed by atoms with Crippen LogP contribution in [0.15, 0.2) is 48.6 Å².